The SMILES string of the molecule is CCOCC1O[C@H](OC)C(C)[C@@H](C)[C@H]1C. The maximum atomic E-state index is 5.89. The van der Waals surface area contributed by atoms with Gasteiger partial charge in [0.05, 0.1) is 12.7 Å². The minimum atomic E-state index is -0.0818. The smallest absolute Gasteiger partial charge is 0.160 e. The van der Waals surface area contributed by atoms with Crippen molar-refractivity contribution in [1.82, 2.24) is 0 Å². The summed E-state index contributed by atoms with van der Waals surface area (Å²) in [5.74, 6) is 1.58. The lowest BCUT2D eigenvalue weighted by Crippen LogP contribution is -2.47. The van der Waals surface area contributed by atoms with Gasteiger partial charge in [-0.05, 0) is 18.8 Å². The van der Waals surface area contributed by atoms with E-state index in [1.54, 1.807) is 7.11 Å². The summed E-state index contributed by atoms with van der Waals surface area (Å²) in [7, 11) is 1.71. The molecular formula is C12H24O3. The van der Waals surface area contributed by atoms with Crippen LogP contribution in [0.25, 0.3) is 0 Å². The van der Waals surface area contributed by atoms with E-state index in [9.17, 15) is 0 Å². The quantitative estimate of drug-likeness (QED) is 0.721. The summed E-state index contributed by atoms with van der Waals surface area (Å²) < 4.78 is 16.7. The molecular weight excluding hydrogens is 192 g/mol. The molecule has 0 aromatic carbocycles. The molecule has 5 atom stereocenters. The highest BCUT2D eigenvalue weighted by molar-refractivity contribution is 4.82. The van der Waals surface area contributed by atoms with Crippen LogP contribution in [0.4, 0.5) is 0 Å². The van der Waals surface area contributed by atoms with Crippen LogP contribution in [0.2, 0.25) is 0 Å². The molecule has 0 aromatic rings. The third-order valence-electron chi connectivity index (χ3n) is 3.70. The summed E-state index contributed by atoms with van der Waals surface area (Å²) in [5.41, 5.74) is 0. The number of ether oxygens (including phenoxy) is 3. The van der Waals surface area contributed by atoms with Crippen molar-refractivity contribution in [3.05, 3.63) is 0 Å². The van der Waals surface area contributed by atoms with E-state index in [0.29, 0.717) is 24.4 Å². The van der Waals surface area contributed by atoms with Crippen LogP contribution in [0.15, 0.2) is 0 Å². The number of hydrogen-bond donors (Lipinski definition) is 0. The predicted molar refractivity (Wildman–Crippen MR) is 59.7 cm³/mol. The fourth-order valence-corrected chi connectivity index (χ4v) is 2.18. The third kappa shape index (κ3) is 2.92. The molecule has 0 amide bonds. The van der Waals surface area contributed by atoms with E-state index in [1.807, 2.05) is 6.92 Å². The van der Waals surface area contributed by atoms with Crippen molar-refractivity contribution < 1.29 is 14.2 Å². The van der Waals surface area contributed by atoms with Crippen LogP contribution in [0.1, 0.15) is 27.7 Å². The maximum absolute atomic E-state index is 5.89. The van der Waals surface area contributed by atoms with Gasteiger partial charge in [0, 0.05) is 19.6 Å². The van der Waals surface area contributed by atoms with Gasteiger partial charge in [-0.3, -0.25) is 0 Å². The fourth-order valence-electron chi connectivity index (χ4n) is 2.18. The summed E-state index contributed by atoms with van der Waals surface area (Å²) in [6.45, 7) is 10.1. The zero-order valence-electron chi connectivity index (χ0n) is 10.5. The molecule has 2 unspecified atom stereocenters. The first kappa shape index (κ1) is 12.9. The zero-order valence-corrected chi connectivity index (χ0v) is 10.5. The second kappa shape index (κ2) is 5.83. The molecule has 3 heteroatoms. The van der Waals surface area contributed by atoms with Crippen LogP contribution in [-0.2, 0) is 14.2 Å². The Morgan fingerprint density at radius 3 is 2.27 bits per heavy atom. The Morgan fingerprint density at radius 2 is 1.73 bits per heavy atom. The highest BCUT2D eigenvalue weighted by Crippen LogP contribution is 2.35. The molecule has 1 aliphatic rings. The third-order valence-corrected chi connectivity index (χ3v) is 3.70. The van der Waals surface area contributed by atoms with Gasteiger partial charge in [-0.1, -0.05) is 20.8 Å². The fraction of sp³-hybridized carbons (Fsp3) is 1.00. The van der Waals surface area contributed by atoms with E-state index in [1.165, 1.54) is 0 Å². The summed E-state index contributed by atoms with van der Waals surface area (Å²) in [6, 6.07) is 0. The Bertz CT molecular complexity index is 182. The number of hydrogen-bond acceptors (Lipinski definition) is 3. The Hall–Kier alpha value is -0.120. The van der Waals surface area contributed by atoms with Gasteiger partial charge in [-0.15, -0.1) is 0 Å². The van der Waals surface area contributed by atoms with Crippen molar-refractivity contribution in [2.45, 2.75) is 40.1 Å². The van der Waals surface area contributed by atoms with Gasteiger partial charge in [0.15, 0.2) is 6.29 Å². The molecule has 1 rings (SSSR count). The van der Waals surface area contributed by atoms with Gasteiger partial charge in [0.1, 0.15) is 0 Å². The average Bonchev–Trinajstić information content (AvgIpc) is 2.25. The van der Waals surface area contributed by atoms with Crippen LogP contribution in [0, 0.1) is 17.8 Å². The van der Waals surface area contributed by atoms with Crippen molar-refractivity contribution in [2.24, 2.45) is 17.8 Å². The molecule has 0 saturated carbocycles. The van der Waals surface area contributed by atoms with E-state index < -0.39 is 0 Å². The molecule has 0 spiro atoms. The van der Waals surface area contributed by atoms with Crippen molar-refractivity contribution in [1.29, 1.82) is 0 Å². The molecule has 3 nitrogen and oxygen atoms in total. The topological polar surface area (TPSA) is 27.7 Å². The van der Waals surface area contributed by atoms with Crippen LogP contribution >= 0.6 is 0 Å². The first-order valence-electron chi connectivity index (χ1n) is 5.87. The summed E-state index contributed by atoms with van der Waals surface area (Å²) in [6.07, 6.45) is 0.0859. The lowest BCUT2D eigenvalue weighted by molar-refractivity contribution is -0.246. The van der Waals surface area contributed by atoms with Crippen molar-refractivity contribution in [3.63, 3.8) is 0 Å². The molecule has 0 bridgehead atoms. The average molecular weight is 216 g/mol. The van der Waals surface area contributed by atoms with Crippen LogP contribution in [0.5, 0.6) is 0 Å². The van der Waals surface area contributed by atoms with E-state index in [2.05, 4.69) is 20.8 Å². The molecule has 0 aliphatic carbocycles. The number of methoxy groups -OCH3 is 1. The van der Waals surface area contributed by atoms with Crippen LogP contribution in [0.3, 0.4) is 0 Å². The van der Waals surface area contributed by atoms with E-state index in [0.717, 1.165) is 6.61 Å². The van der Waals surface area contributed by atoms with Gasteiger partial charge in [-0.25, -0.2) is 0 Å². The van der Waals surface area contributed by atoms with Gasteiger partial charge < -0.3 is 14.2 Å². The largest absolute Gasteiger partial charge is 0.379 e. The highest BCUT2D eigenvalue weighted by atomic mass is 16.7. The Kier molecular flexibility index (Phi) is 5.03. The first-order valence-corrected chi connectivity index (χ1v) is 5.87. The van der Waals surface area contributed by atoms with Crippen molar-refractivity contribution in [2.75, 3.05) is 20.3 Å². The van der Waals surface area contributed by atoms with Gasteiger partial charge in [0.25, 0.3) is 0 Å². The summed E-state index contributed by atoms with van der Waals surface area (Å²) >= 11 is 0. The summed E-state index contributed by atoms with van der Waals surface area (Å²) in [4.78, 5) is 0. The Labute approximate surface area is 93.1 Å². The molecule has 0 radical (unpaired) electrons. The van der Waals surface area contributed by atoms with Gasteiger partial charge >= 0.3 is 0 Å². The van der Waals surface area contributed by atoms with E-state index >= 15 is 0 Å². The van der Waals surface area contributed by atoms with Crippen molar-refractivity contribution >= 4 is 0 Å². The van der Waals surface area contributed by atoms with Crippen LogP contribution < -0.4 is 0 Å². The Balaban J connectivity index is 2.57. The lowest BCUT2D eigenvalue weighted by atomic mass is 9.79. The van der Waals surface area contributed by atoms with E-state index in [-0.39, 0.29) is 12.4 Å². The normalized spacial score (nSPS) is 41.8. The molecule has 15 heavy (non-hydrogen) atoms. The summed E-state index contributed by atoms with van der Waals surface area (Å²) in [5, 5.41) is 0. The highest BCUT2D eigenvalue weighted by Gasteiger charge is 2.39. The zero-order chi connectivity index (χ0) is 11.4. The predicted octanol–water partition coefficient (Wildman–Crippen LogP) is 2.30. The standard InChI is InChI=1S/C12H24O3/c1-6-14-7-11-9(3)8(2)10(4)12(13-5)15-11/h8-12H,6-7H2,1-5H3/t8-,9+,10?,11?,12-/m0/s1. The van der Waals surface area contributed by atoms with E-state index in [4.69, 9.17) is 14.2 Å². The minimum Gasteiger partial charge on any atom is -0.379 e. The van der Waals surface area contributed by atoms with Crippen molar-refractivity contribution in [3.8, 4) is 0 Å². The second-order valence-corrected chi connectivity index (χ2v) is 4.52. The second-order valence-electron chi connectivity index (χ2n) is 4.52. The molecule has 0 aromatic heterocycles. The Morgan fingerprint density at radius 1 is 1.07 bits per heavy atom. The molecule has 0 N–H and O–H groups in total. The minimum absolute atomic E-state index is 0.0818. The van der Waals surface area contributed by atoms with Gasteiger partial charge in [-0.2, -0.15) is 0 Å². The molecule has 1 heterocycles. The maximum Gasteiger partial charge on any atom is 0.160 e. The molecule has 1 fully saturated rings. The van der Waals surface area contributed by atoms with Crippen LogP contribution in [-0.4, -0.2) is 32.7 Å². The lowest BCUT2D eigenvalue weighted by Gasteiger charge is -2.42. The monoisotopic (exact) mass is 216 g/mol. The molecule has 1 aliphatic heterocycles. The van der Waals surface area contributed by atoms with Gasteiger partial charge in [0.2, 0.25) is 0 Å². The first-order chi connectivity index (χ1) is 7.11. The number of rotatable bonds is 4. The molecule has 90 valence electrons. The molecule has 1 saturated heterocycles.